The molecule has 0 aromatic heterocycles. The summed E-state index contributed by atoms with van der Waals surface area (Å²) in [6, 6.07) is 17.9. The van der Waals surface area contributed by atoms with Crippen molar-refractivity contribution in [3.63, 3.8) is 0 Å². The zero-order chi connectivity index (χ0) is 16.1. The fourth-order valence-electron chi connectivity index (χ4n) is 1.91. The van der Waals surface area contributed by atoms with Crippen molar-refractivity contribution in [2.45, 2.75) is 26.1 Å². The quantitative estimate of drug-likeness (QED) is 0.665. The second-order valence-corrected chi connectivity index (χ2v) is 7.62. The van der Waals surface area contributed by atoms with Gasteiger partial charge in [-0.15, -0.1) is 0 Å². The molecule has 4 nitrogen and oxygen atoms in total. The lowest BCUT2D eigenvalue weighted by Crippen LogP contribution is -2.29. The topological polar surface area (TPSA) is 44.8 Å². The summed E-state index contributed by atoms with van der Waals surface area (Å²) < 4.78 is 30.5. The summed E-state index contributed by atoms with van der Waals surface area (Å²) in [5, 5.41) is -1.08. The lowest BCUT2D eigenvalue weighted by molar-refractivity contribution is 0.0361. The van der Waals surface area contributed by atoms with E-state index in [1.54, 1.807) is 38.1 Å². The first kappa shape index (κ1) is 16.6. The highest BCUT2D eigenvalue weighted by Crippen LogP contribution is 2.59. The summed E-state index contributed by atoms with van der Waals surface area (Å²) in [6.45, 7) is 5.68. The molecule has 0 aliphatic carbocycles. The van der Waals surface area contributed by atoms with Gasteiger partial charge in [0.05, 0.1) is 0 Å². The molecule has 0 heterocycles. The zero-order valence-corrected chi connectivity index (χ0v) is 14.0. The minimum atomic E-state index is -3.60. The molecular formula is C17H21O4P. The molecule has 0 unspecified atom stereocenters. The number of ether oxygens (including phenoxy) is 1. The fraction of sp³-hybridized carbons (Fsp3) is 0.294. The maximum Gasteiger partial charge on any atom is 0.461 e. The van der Waals surface area contributed by atoms with E-state index < -0.39 is 12.9 Å². The summed E-state index contributed by atoms with van der Waals surface area (Å²) in [5.41, 5.74) is 0. The van der Waals surface area contributed by atoms with E-state index in [1.807, 2.05) is 43.3 Å². The van der Waals surface area contributed by atoms with Crippen LogP contribution in [0.5, 0.6) is 11.5 Å². The largest absolute Gasteiger partial charge is 0.461 e. The van der Waals surface area contributed by atoms with Crippen LogP contribution in [0.15, 0.2) is 60.7 Å². The third-order valence-corrected chi connectivity index (χ3v) is 5.45. The van der Waals surface area contributed by atoms with E-state index in [0.717, 1.165) is 0 Å². The third kappa shape index (κ3) is 3.90. The van der Waals surface area contributed by atoms with Crippen molar-refractivity contribution in [2.24, 2.45) is 0 Å². The van der Waals surface area contributed by atoms with Gasteiger partial charge in [-0.3, -0.25) is 0 Å². The Morgan fingerprint density at radius 3 is 1.64 bits per heavy atom. The molecule has 0 aliphatic heterocycles. The first-order chi connectivity index (χ1) is 10.5. The Balaban J connectivity index is 2.33. The van der Waals surface area contributed by atoms with E-state index in [2.05, 4.69) is 0 Å². The van der Waals surface area contributed by atoms with Gasteiger partial charge in [0.2, 0.25) is 0 Å². The molecule has 0 amide bonds. The molecule has 0 radical (unpaired) electrons. The molecule has 22 heavy (non-hydrogen) atoms. The minimum absolute atomic E-state index is 0.410. The maximum absolute atomic E-state index is 13.4. The molecule has 2 aromatic carbocycles. The van der Waals surface area contributed by atoms with Crippen LogP contribution in [0.3, 0.4) is 0 Å². The molecule has 0 fully saturated rings. The molecule has 0 atom stereocenters. The normalized spacial score (nSPS) is 12.0. The SMILES string of the molecule is CCOC(C)(C)P(=O)(Oc1ccccc1)Oc1ccccc1. The molecule has 0 aliphatic rings. The van der Waals surface area contributed by atoms with Crippen LogP contribution in [0.1, 0.15) is 20.8 Å². The first-order valence-corrected chi connectivity index (χ1v) is 8.74. The number of hydrogen-bond acceptors (Lipinski definition) is 4. The van der Waals surface area contributed by atoms with Crippen LogP contribution >= 0.6 is 7.60 Å². The average molecular weight is 320 g/mol. The van der Waals surface area contributed by atoms with Crippen molar-refractivity contribution in [3.05, 3.63) is 60.7 Å². The highest BCUT2D eigenvalue weighted by atomic mass is 31.2. The number of para-hydroxylation sites is 2. The molecular weight excluding hydrogens is 299 g/mol. The summed E-state index contributed by atoms with van der Waals surface area (Å²) in [4.78, 5) is 0. The van der Waals surface area contributed by atoms with Crippen LogP contribution in [-0.2, 0) is 9.30 Å². The van der Waals surface area contributed by atoms with Gasteiger partial charge in [-0.05, 0) is 45.0 Å². The Morgan fingerprint density at radius 2 is 1.27 bits per heavy atom. The van der Waals surface area contributed by atoms with Gasteiger partial charge in [0, 0.05) is 6.61 Å². The van der Waals surface area contributed by atoms with Crippen LogP contribution in [0.4, 0.5) is 0 Å². The lowest BCUT2D eigenvalue weighted by atomic mass is 10.3. The van der Waals surface area contributed by atoms with Crippen molar-refractivity contribution < 1.29 is 18.3 Å². The van der Waals surface area contributed by atoms with Gasteiger partial charge in [-0.1, -0.05) is 36.4 Å². The van der Waals surface area contributed by atoms with Gasteiger partial charge in [0.15, 0.2) is 5.34 Å². The molecule has 0 spiro atoms. The van der Waals surface area contributed by atoms with Crippen molar-refractivity contribution in [2.75, 3.05) is 6.61 Å². The highest BCUT2D eigenvalue weighted by Gasteiger charge is 2.48. The van der Waals surface area contributed by atoms with E-state index in [4.69, 9.17) is 13.8 Å². The molecule has 0 bridgehead atoms. The Bertz CT molecular complexity index is 580. The van der Waals surface area contributed by atoms with Crippen LogP contribution in [0.25, 0.3) is 0 Å². The van der Waals surface area contributed by atoms with E-state index in [-0.39, 0.29) is 0 Å². The predicted molar refractivity (Wildman–Crippen MR) is 87.5 cm³/mol. The molecule has 118 valence electrons. The van der Waals surface area contributed by atoms with Gasteiger partial charge < -0.3 is 13.8 Å². The predicted octanol–water partition coefficient (Wildman–Crippen LogP) is 5.11. The molecule has 0 saturated heterocycles. The van der Waals surface area contributed by atoms with Crippen molar-refractivity contribution in [3.8, 4) is 11.5 Å². The Kier molecular flexibility index (Phi) is 5.28. The standard InChI is InChI=1S/C17H21O4P/c1-4-19-17(2,3)22(18,20-15-11-7-5-8-12-15)21-16-13-9-6-10-14-16/h5-14H,4H2,1-3H3. The van der Waals surface area contributed by atoms with Crippen LogP contribution < -0.4 is 9.05 Å². The van der Waals surface area contributed by atoms with E-state index in [1.165, 1.54) is 0 Å². The van der Waals surface area contributed by atoms with Crippen molar-refractivity contribution in [1.82, 2.24) is 0 Å². The second kappa shape index (κ2) is 6.99. The average Bonchev–Trinajstić information content (AvgIpc) is 2.49. The number of benzene rings is 2. The maximum atomic E-state index is 13.4. The van der Waals surface area contributed by atoms with Gasteiger partial charge >= 0.3 is 7.60 Å². The molecule has 2 rings (SSSR count). The highest BCUT2D eigenvalue weighted by molar-refractivity contribution is 7.56. The lowest BCUT2D eigenvalue weighted by Gasteiger charge is -2.32. The molecule has 0 N–H and O–H groups in total. The third-order valence-electron chi connectivity index (χ3n) is 3.09. The number of rotatable bonds is 7. The smallest absolute Gasteiger partial charge is 0.414 e. The zero-order valence-electron chi connectivity index (χ0n) is 13.1. The summed E-state index contributed by atoms with van der Waals surface area (Å²) in [6.07, 6.45) is 0. The molecule has 0 saturated carbocycles. The molecule has 5 heteroatoms. The van der Waals surface area contributed by atoms with E-state index >= 15 is 0 Å². The van der Waals surface area contributed by atoms with Crippen LogP contribution in [0.2, 0.25) is 0 Å². The summed E-state index contributed by atoms with van der Waals surface area (Å²) in [7, 11) is -3.60. The monoisotopic (exact) mass is 320 g/mol. The van der Waals surface area contributed by atoms with E-state index in [0.29, 0.717) is 18.1 Å². The Hall–Kier alpha value is -1.77. The van der Waals surface area contributed by atoms with Gasteiger partial charge in [-0.25, -0.2) is 4.57 Å². The summed E-state index contributed by atoms with van der Waals surface area (Å²) in [5.74, 6) is 0.962. The van der Waals surface area contributed by atoms with Crippen LogP contribution in [0, 0.1) is 0 Å². The first-order valence-electron chi connectivity index (χ1n) is 7.20. The minimum Gasteiger partial charge on any atom is -0.414 e. The van der Waals surface area contributed by atoms with Crippen molar-refractivity contribution in [1.29, 1.82) is 0 Å². The van der Waals surface area contributed by atoms with E-state index in [9.17, 15) is 4.57 Å². The summed E-state index contributed by atoms with van der Waals surface area (Å²) >= 11 is 0. The molecule has 2 aromatic rings. The Morgan fingerprint density at radius 1 is 0.864 bits per heavy atom. The Labute approximate surface area is 131 Å². The second-order valence-electron chi connectivity index (χ2n) is 5.19. The van der Waals surface area contributed by atoms with Crippen LogP contribution in [-0.4, -0.2) is 11.9 Å². The fourth-order valence-corrected chi connectivity index (χ4v) is 3.47. The van der Waals surface area contributed by atoms with Gasteiger partial charge in [0.1, 0.15) is 11.5 Å². The van der Waals surface area contributed by atoms with Crippen molar-refractivity contribution >= 4 is 7.60 Å². The number of hydrogen-bond donors (Lipinski definition) is 0. The van der Waals surface area contributed by atoms with Gasteiger partial charge in [0.25, 0.3) is 0 Å². The van der Waals surface area contributed by atoms with Gasteiger partial charge in [-0.2, -0.15) is 0 Å².